The molecule has 1 heterocycles. The molecule has 4 rings (SSSR count). The van der Waals surface area contributed by atoms with Crippen molar-refractivity contribution >= 4 is 37.3 Å². The van der Waals surface area contributed by atoms with Gasteiger partial charge < -0.3 is 10.1 Å². The van der Waals surface area contributed by atoms with Crippen molar-refractivity contribution in [3.05, 3.63) is 77.9 Å². The van der Waals surface area contributed by atoms with Gasteiger partial charge >= 0.3 is 0 Å². The second-order valence-corrected chi connectivity index (χ2v) is 13.0. The van der Waals surface area contributed by atoms with E-state index in [0.29, 0.717) is 42.4 Å². The molecule has 0 aromatic heterocycles. The predicted molar refractivity (Wildman–Crippen MR) is 151 cm³/mol. The van der Waals surface area contributed by atoms with Gasteiger partial charge in [-0.05, 0) is 92.9 Å². The van der Waals surface area contributed by atoms with Crippen molar-refractivity contribution in [2.75, 3.05) is 29.7 Å². The fraction of sp³-hybridized carbons (Fsp3) is 0.321. The van der Waals surface area contributed by atoms with Gasteiger partial charge in [0, 0.05) is 30.0 Å². The Morgan fingerprint density at radius 1 is 0.821 bits per heavy atom. The quantitative estimate of drug-likeness (QED) is 0.372. The number of hydrogen-bond donors (Lipinski definition) is 2. The molecule has 1 amide bonds. The van der Waals surface area contributed by atoms with E-state index in [9.17, 15) is 21.6 Å². The third-order valence-corrected chi connectivity index (χ3v) is 9.79. The SMILES string of the molecule is CCOc1ccc(NS(=O)(=O)c2ccc(NC(=O)c3cc(S(=O)(=O)N4CCCCCC4)ccc3C)cc2)cc1. The van der Waals surface area contributed by atoms with E-state index in [2.05, 4.69) is 10.0 Å². The molecule has 208 valence electrons. The molecule has 0 radical (unpaired) electrons. The van der Waals surface area contributed by atoms with E-state index in [1.54, 1.807) is 37.3 Å². The van der Waals surface area contributed by atoms with Gasteiger partial charge in [0.25, 0.3) is 15.9 Å². The van der Waals surface area contributed by atoms with E-state index in [4.69, 9.17) is 4.74 Å². The van der Waals surface area contributed by atoms with Crippen LogP contribution in [0.3, 0.4) is 0 Å². The molecule has 1 aliphatic heterocycles. The molecule has 0 unspecified atom stereocenters. The van der Waals surface area contributed by atoms with Crippen molar-refractivity contribution in [1.29, 1.82) is 0 Å². The van der Waals surface area contributed by atoms with Crippen LogP contribution in [0.2, 0.25) is 0 Å². The summed E-state index contributed by atoms with van der Waals surface area (Å²) in [6.45, 7) is 5.06. The highest BCUT2D eigenvalue weighted by Crippen LogP contribution is 2.24. The molecule has 9 nitrogen and oxygen atoms in total. The molecule has 1 aliphatic rings. The monoisotopic (exact) mass is 571 g/mol. The number of hydrogen-bond acceptors (Lipinski definition) is 6. The number of carbonyl (C=O) groups is 1. The number of sulfonamides is 2. The number of nitrogens with one attached hydrogen (secondary N) is 2. The Balaban J connectivity index is 1.47. The zero-order valence-electron chi connectivity index (χ0n) is 22.0. The number of amides is 1. The largest absolute Gasteiger partial charge is 0.494 e. The van der Waals surface area contributed by atoms with Crippen LogP contribution in [-0.2, 0) is 20.0 Å². The van der Waals surface area contributed by atoms with Crippen LogP contribution in [0.5, 0.6) is 5.75 Å². The molecule has 3 aromatic carbocycles. The van der Waals surface area contributed by atoms with E-state index in [1.807, 2.05) is 6.92 Å². The van der Waals surface area contributed by atoms with Crippen LogP contribution >= 0.6 is 0 Å². The van der Waals surface area contributed by atoms with Crippen LogP contribution in [-0.4, -0.2) is 46.7 Å². The third kappa shape index (κ3) is 6.97. The number of ether oxygens (including phenoxy) is 1. The summed E-state index contributed by atoms with van der Waals surface area (Å²) in [7, 11) is -7.56. The van der Waals surface area contributed by atoms with Crippen molar-refractivity contribution in [2.45, 2.75) is 49.3 Å². The molecule has 11 heteroatoms. The maximum Gasteiger partial charge on any atom is 0.261 e. The highest BCUT2D eigenvalue weighted by atomic mass is 32.2. The summed E-state index contributed by atoms with van der Waals surface area (Å²) in [4.78, 5) is 13.2. The number of carbonyl (C=O) groups excluding carboxylic acids is 1. The summed E-state index contributed by atoms with van der Waals surface area (Å²) in [6.07, 6.45) is 3.65. The van der Waals surface area contributed by atoms with Crippen LogP contribution in [0.25, 0.3) is 0 Å². The molecular weight excluding hydrogens is 538 g/mol. The zero-order valence-corrected chi connectivity index (χ0v) is 23.6. The number of aryl methyl sites for hydroxylation is 1. The van der Waals surface area contributed by atoms with Gasteiger partial charge in [-0.1, -0.05) is 18.9 Å². The Morgan fingerprint density at radius 3 is 2.03 bits per heavy atom. The minimum absolute atomic E-state index is 0.0242. The van der Waals surface area contributed by atoms with Gasteiger partial charge in [-0.15, -0.1) is 0 Å². The molecule has 0 saturated carbocycles. The fourth-order valence-corrected chi connectivity index (χ4v) is 6.96. The fourth-order valence-electron chi connectivity index (χ4n) is 4.35. The zero-order chi connectivity index (χ0) is 28.0. The second-order valence-electron chi connectivity index (χ2n) is 9.34. The van der Waals surface area contributed by atoms with E-state index < -0.39 is 26.0 Å². The lowest BCUT2D eigenvalue weighted by Crippen LogP contribution is -2.32. The van der Waals surface area contributed by atoms with E-state index >= 15 is 0 Å². The van der Waals surface area contributed by atoms with E-state index in [1.165, 1.54) is 40.7 Å². The van der Waals surface area contributed by atoms with Gasteiger partial charge in [0.05, 0.1) is 16.4 Å². The first-order chi connectivity index (χ1) is 18.6. The Kier molecular flexibility index (Phi) is 8.94. The van der Waals surface area contributed by atoms with Gasteiger partial charge in [0.2, 0.25) is 10.0 Å². The van der Waals surface area contributed by atoms with Crippen LogP contribution in [0.1, 0.15) is 48.5 Å². The molecule has 0 spiro atoms. The summed E-state index contributed by atoms with van der Waals surface area (Å²) in [5.74, 6) is 0.157. The van der Waals surface area contributed by atoms with Gasteiger partial charge in [-0.25, -0.2) is 16.8 Å². The lowest BCUT2D eigenvalue weighted by Gasteiger charge is -2.20. The Hall–Kier alpha value is -3.41. The second kappa shape index (κ2) is 12.2. The summed E-state index contributed by atoms with van der Waals surface area (Å²) in [6, 6.07) is 16.9. The van der Waals surface area contributed by atoms with Crippen molar-refractivity contribution < 1.29 is 26.4 Å². The molecular formula is C28H33N3O6S2. The van der Waals surface area contributed by atoms with E-state index in [-0.39, 0.29) is 15.4 Å². The summed E-state index contributed by atoms with van der Waals surface area (Å²) in [5.41, 5.74) is 1.63. The maximum atomic E-state index is 13.2. The van der Waals surface area contributed by atoms with Crippen LogP contribution < -0.4 is 14.8 Å². The average molecular weight is 572 g/mol. The van der Waals surface area contributed by atoms with Crippen LogP contribution in [0, 0.1) is 6.92 Å². The van der Waals surface area contributed by atoms with Crippen molar-refractivity contribution in [3.63, 3.8) is 0 Å². The van der Waals surface area contributed by atoms with Gasteiger partial charge in [0.1, 0.15) is 5.75 Å². The Bertz CT molecular complexity index is 1510. The molecule has 1 fully saturated rings. The minimum atomic E-state index is -3.85. The van der Waals surface area contributed by atoms with E-state index in [0.717, 1.165) is 25.7 Å². The number of anilines is 2. The summed E-state index contributed by atoms with van der Waals surface area (Å²) in [5, 5.41) is 2.74. The Labute approximate surface area is 230 Å². The lowest BCUT2D eigenvalue weighted by atomic mass is 10.1. The van der Waals surface area contributed by atoms with Gasteiger partial charge in [-0.3, -0.25) is 9.52 Å². The minimum Gasteiger partial charge on any atom is -0.494 e. The number of benzene rings is 3. The molecule has 0 aliphatic carbocycles. The summed E-state index contributed by atoms with van der Waals surface area (Å²) >= 11 is 0. The number of nitrogens with zero attached hydrogens (tertiary/aromatic N) is 1. The molecule has 2 N–H and O–H groups in total. The smallest absolute Gasteiger partial charge is 0.261 e. The lowest BCUT2D eigenvalue weighted by molar-refractivity contribution is 0.102. The third-order valence-electron chi connectivity index (χ3n) is 6.50. The van der Waals surface area contributed by atoms with Gasteiger partial charge in [0.15, 0.2) is 0 Å². The van der Waals surface area contributed by atoms with Crippen molar-refractivity contribution in [2.24, 2.45) is 0 Å². The molecule has 1 saturated heterocycles. The molecule has 0 atom stereocenters. The average Bonchev–Trinajstić information content (AvgIpc) is 3.21. The Morgan fingerprint density at radius 2 is 1.41 bits per heavy atom. The maximum absolute atomic E-state index is 13.2. The standard InChI is InChI=1S/C28H33N3O6S2/c1-3-37-24-13-9-23(10-14-24)30-38(33,34)25-16-11-22(12-17-25)29-28(32)27-20-26(15-8-21(27)2)39(35,36)31-18-6-4-5-7-19-31/h8-17,20,30H,3-7,18-19H2,1-2H3,(H,29,32). The van der Waals surface area contributed by atoms with Crippen LogP contribution in [0.4, 0.5) is 11.4 Å². The van der Waals surface area contributed by atoms with Crippen LogP contribution in [0.15, 0.2) is 76.5 Å². The van der Waals surface area contributed by atoms with Crippen molar-refractivity contribution in [1.82, 2.24) is 4.31 Å². The van der Waals surface area contributed by atoms with Crippen molar-refractivity contribution in [3.8, 4) is 5.75 Å². The van der Waals surface area contributed by atoms with Gasteiger partial charge in [-0.2, -0.15) is 4.31 Å². The molecule has 39 heavy (non-hydrogen) atoms. The first-order valence-electron chi connectivity index (χ1n) is 12.9. The first-order valence-corrected chi connectivity index (χ1v) is 15.8. The normalized spacial score (nSPS) is 14.8. The molecule has 0 bridgehead atoms. The highest BCUT2D eigenvalue weighted by Gasteiger charge is 2.26. The predicted octanol–water partition coefficient (Wildman–Crippen LogP) is 5.01. The summed E-state index contributed by atoms with van der Waals surface area (Å²) < 4.78 is 61.4. The highest BCUT2D eigenvalue weighted by molar-refractivity contribution is 7.92. The number of rotatable bonds is 9. The topological polar surface area (TPSA) is 122 Å². The first kappa shape index (κ1) is 28.6. The molecule has 3 aromatic rings.